The van der Waals surface area contributed by atoms with Crippen molar-refractivity contribution in [3.63, 3.8) is 0 Å². The highest BCUT2D eigenvalue weighted by atomic mass is 14.5. The third-order valence-corrected chi connectivity index (χ3v) is 2.11. The summed E-state index contributed by atoms with van der Waals surface area (Å²) in [6.45, 7) is 3.07. The molecule has 0 saturated heterocycles. The van der Waals surface area contributed by atoms with E-state index in [1.54, 1.807) is 5.57 Å². The lowest BCUT2D eigenvalue weighted by Gasteiger charge is -2.25. The summed E-state index contributed by atoms with van der Waals surface area (Å²) in [5, 5.41) is 0. The van der Waals surface area contributed by atoms with E-state index in [0.29, 0.717) is 0 Å². The maximum Gasteiger partial charge on any atom is -0.00715 e. The van der Waals surface area contributed by atoms with Crippen molar-refractivity contribution in [2.45, 2.75) is 26.2 Å². The van der Waals surface area contributed by atoms with Crippen molar-refractivity contribution >= 4 is 0 Å². The van der Waals surface area contributed by atoms with Crippen LogP contribution in [-0.4, -0.2) is 6.54 Å². The van der Waals surface area contributed by atoms with Crippen molar-refractivity contribution in [1.29, 1.82) is 0 Å². The zero-order valence-electron chi connectivity index (χ0n) is 6.06. The first kappa shape index (κ1) is 6.81. The lowest BCUT2D eigenvalue weighted by Crippen LogP contribution is -2.16. The van der Waals surface area contributed by atoms with Crippen LogP contribution in [0.3, 0.4) is 0 Å². The van der Waals surface area contributed by atoms with Crippen molar-refractivity contribution in [3.05, 3.63) is 11.6 Å². The summed E-state index contributed by atoms with van der Waals surface area (Å²) >= 11 is 0. The summed E-state index contributed by atoms with van der Waals surface area (Å²) in [7, 11) is 0. The minimum absolute atomic E-state index is 0.847. The van der Waals surface area contributed by atoms with Gasteiger partial charge in [-0.2, -0.15) is 0 Å². The smallest absolute Gasteiger partial charge is 0.00715 e. The molecule has 0 aromatic rings. The van der Waals surface area contributed by atoms with Gasteiger partial charge in [-0.1, -0.05) is 18.6 Å². The topological polar surface area (TPSA) is 26.0 Å². The fourth-order valence-electron chi connectivity index (χ4n) is 1.39. The molecule has 0 amide bonds. The summed E-state index contributed by atoms with van der Waals surface area (Å²) in [5.74, 6) is 0.847. The zero-order valence-corrected chi connectivity index (χ0v) is 6.06. The highest BCUT2D eigenvalue weighted by molar-refractivity contribution is 5.17. The molecule has 0 aliphatic heterocycles. The van der Waals surface area contributed by atoms with E-state index in [4.69, 9.17) is 5.73 Å². The van der Waals surface area contributed by atoms with Crippen molar-refractivity contribution in [2.24, 2.45) is 11.7 Å². The normalized spacial score (nSPS) is 25.1. The summed E-state index contributed by atoms with van der Waals surface area (Å²) in [4.78, 5) is 0. The van der Waals surface area contributed by atoms with Gasteiger partial charge in [0.15, 0.2) is 0 Å². The average Bonchev–Trinajstić information content (AvgIpc) is 1.82. The second-order valence-electron chi connectivity index (χ2n) is 2.64. The Morgan fingerprint density at radius 2 is 2.56 bits per heavy atom. The molecule has 9 heavy (non-hydrogen) atoms. The standard InChI is InChI=1S/C8H15N/c1-2-7-3-4-8(7)5-6-9/h3,8H,2,4-6,9H2,1H3. The fourth-order valence-corrected chi connectivity index (χ4v) is 1.39. The Balaban J connectivity index is 2.25. The summed E-state index contributed by atoms with van der Waals surface area (Å²) in [6, 6.07) is 0. The van der Waals surface area contributed by atoms with E-state index < -0.39 is 0 Å². The van der Waals surface area contributed by atoms with E-state index in [0.717, 1.165) is 12.5 Å². The van der Waals surface area contributed by atoms with Gasteiger partial charge in [0.05, 0.1) is 0 Å². The van der Waals surface area contributed by atoms with Gasteiger partial charge in [0.2, 0.25) is 0 Å². The summed E-state index contributed by atoms with van der Waals surface area (Å²) in [6.07, 6.45) is 6.03. The Morgan fingerprint density at radius 1 is 1.78 bits per heavy atom. The van der Waals surface area contributed by atoms with Gasteiger partial charge in [-0.05, 0) is 31.7 Å². The molecule has 2 N–H and O–H groups in total. The third kappa shape index (κ3) is 1.33. The maximum absolute atomic E-state index is 5.43. The molecule has 1 nitrogen and oxygen atoms in total. The lowest BCUT2D eigenvalue weighted by atomic mass is 9.81. The average molecular weight is 125 g/mol. The van der Waals surface area contributed by atoms with Gasteiger partial charge in [-0.3, -0.25) is 0 Å². The number of rotatable bonds is 3. The predicted octanol–water partition coefficient (Wildman–Crippen LogP) is 1.69. The van der Waals surface area contributed by atoms with Crippen LogP contribution in [0.25, 0.3) is 0 Å². The number of allylic oxidation sites excluding steroid dienone is 2. The number of hydrogen-bond acceptors (Lipinski definition) is 1. The van der Waals surface area contributed by atoms with Crippen molar-refractivity contribution in [3.8, 4) is 0 Å². The van der Waals surface area contributed by atoms with Crippen LogP contribution in [0.2, 0.25) is 0 Å². The van der Waals surface area contributed by atoms with E-state index in [1.165, 1.54) is 19.3 Å². The Bertz CT molecular complexity index is 116. The molecule has 0 radical (unpaired) electrons. The van der Waals surface area contributed by atoms with E-state index >= 15 is 0 Å². The largest absolute Gasteiger partial charge is 0.330 e. The molecule has 1 atom stereocenters. The number of hydrogen-bond donors (Lipinski definition) is 1. The van der Waals surface area contributed by atoms with Crippen LogP contribution < -0.4 is 5.73 Å². The Hall–Kier alpha value is -0.300. The highest BCUT2D eigenvalue weighted by Gasteiger charge is 2.17. The van der Waals surface area contributed by atoms with Crippen LogP contribution in [0.1, 0.15) is 26.2 Å². The molecule has 1 unspecified atom stereocenters. The number of nitrogens with two attached hydrogens (primary N) is 1. The molecular weight excluding hydrogens is 110 g/mol. The Kier molecular flexibility index (Phi) is 2.29. The summed E-state index contributed by atoms with van der Waals surface area (Å²) < 4.78 is 0. The first-order chi connectivity index (χ1) is 4.38. The molecule has 0 aromatic heterocycles. The Labute approximate surface area is 56.9 Å². The van der Waals surface area contributed by atoms with E-state index in [1.807, 2.05) is 0 Å². The van der Waals surface area contributed by atoms with Crippen LogP contribution in [0.5, 0.6) is 0 Å². The van der Waals surface area contributed by atoms with Gasteiger partial charge >= 0.3 is 0 Å². The minimum Gasteiger partial charge on any atom is -0.330 e. The molecule has 1 aliphatic rings. The van der Waals surface area contributed by atoms with Crippen molar-refractivity contribution in [2.75, 3.05) is 6.54 Å². The minimum atomic E-state index is 0.847. The van der Waals surface area contributed by atoms with Gasteiger partial charge in [0, 0.05) is 0 Å². The van der Waals surface area contributed by atoms with Crippen molar-refractivity contribution in [1.82, 2.24) is 0 Å². The highest BCUT2D eigenvalue weighted by Crippen LogP contribution is 2.31. The fraction of sp³-hybridized carbons (Fsp3) is 0.750. The quantitative estimate of drug-likeness (QED) is 0.571. The second-order valence-corrected chi connectivity index (χ2v) is 2.64. The molecule has 0 aromatic carbocycles. The lowest BCUT2D eigenvalue weighted by molar-refractivity contribution is 0.508. The van der Waals surface area contributed by atoms with E-state index in [2.05, 4.69) is 13.0 Å². The predicted molar refractivity (Wildman–Crippen MR) is 40.2 cm³/mol. The van der Waals surface area contributed by atoms with Crippen LogP contribution in [0, 0.1) is 5.92 Å². The molecule has 1 rings (SSSR count). The van der Waals surface area contributed by atoms with Crippen molar-refractivity contribution < 1.29 is 0 Å². The molecule has 1 heteroatoms. The van der Waals surface area contributed by atoms with Gasteiger partial charge in [0.1, 0.15) is 0 Å². The molecule has 0 saturated carbocycles. The second kappa shape index (κ2) is 3.02. The Morgan fingerprint density at radius 3 is 2.89 bits per heavy atom. The third-order valence-electron chi connectivity index (χ3n) is 2.11. The molecule has 0 heterocycles. The molecule has 0 spiro atoms. The van der Waals surface area contributed by atoms with Crippen LogP contribution >= 0.6 is 0 Å². The van der Waals surface area contributed by atoms with Crippen LogP contribution in [0.4, 0.5) is 0 Å². The zero-order chi connectivity index (χ0) is 6.69. The molecule has 1 aliphatic carbocycles. The molecule has 0 fully saturated rings. The van der Waals surface area contributed by atoms with E-state index in [9.17, 15) is 0 Å². The molecule has 52 valence electrons. The van der Waals surface area contributed by atoms with Gasteiger partial charge < -0.3 is 5.73 Å². The van der Waals surface area contributed by atoms with Gasteiger partial charge in [-0.15, -0.1) is 0 Å². The maximum atomic E-state index is 5.43. The SMILES string of the molecule is CCC1=CCC1CCN. The monoisotopic (exact) mass is 125 g/mol. The van der Waals surface area contributed by atoms with Crippen LogP contribution in [-0.2, 0) is 0 Å². The van der Waals surface area contributed by atoms with Crippen LogP contribution in [0.15, 0.2) is 11.6 Å². The van der Waals surface area contributed by atoms with Gasteiger partial charge in [0.25, 0.3) is 0 Å². The van der Waals surface area contributed by atoms with E-state index in [-0.39, 0.29) is 0 Å². The molecule has 0 bridgehead atoms. The molecular formula is C8H15N. The first-order valence-corrected chi connectivity index (χ1v) is 3.77. The summed E-state index contributed by atoms with van der Waals surface area (Å²) in [5.41, 5.74) is 7.05. The van der Waals surface area contributed by atoms with Gasteiger partial charge in [-0.25, -0.2) is 0 Å². The first-order valence-electron chi connectivity index (χ1n) is 3.77.